The number of nitrogens with zero attached hydrogens (tertiary/aromatic N) is 1. The van der Waals surface area contributed by atoms with Gasteiger partial charge >= 0.3 is 0 Å². The normalized spacial score (nSPS) is 12.9. The van der Waals surface area contributed by atoms with E-state index in [2.05, 4.69) is 4.72 Å². The molecule has 0 aliphatic heterocycles. The van der Waals surface area contributed by atoms with E-state index in [4.69, 9.17) is 11.0 Å². The highest BCUT2D eigenvalue weighted by Crippen LogP contribution is 2.14. The zero-order valence-electron chi connectivity index (χ0n) is 10.6. The summed E-state index contributed by atoms with van der Waals surface area (Å²) in [6.07, 6.45) is 1.56. The van der Waals surface area contributed by atoms with E-state index in [0.29, 0.717) is 6.42 Å². The molecule has 1 rings (SSSR count). The predicted molar refractivity (Wildman–Crippen MR) is 69.2 cm³/mol. The van der Waals surface area contributed by atoms with Gasteiger partial charge in [0, 0.05) is 12.6 Å². The quantitative estimate of drug-likeness (QED) is 0.818. The Morgan fingerprint density at radius 1 is 1.53 bits per heavy atom. The molecule has 0 saturated heterocycles. The van der Waals surface area contributed by atoms with E-state index in [1.165, 1.54) is 0 Å². The second-order valence-corrected chi connectivity index (χ2v) is 5.92. The smallest absolute Gasteiger partial charge is 0.240 e. The van der Waals surface area contributed by atoms with Gasteiger partial charge in [0.2, 0.25) is 10.0 Å². The summed E-state index contributed by atoms with van der Waals surface area (Å²) in [6, 6.07) is 4.41. The fraction of sp³-hybridized carbons (Fsp3) is 0.417. The summed E-state index contributed by atoms with van der Waals surface area (Å²) in [6.45, 7) is 2.06. The van der Waals surface area contributed by atoms with Crippen molar-refractivity contribution in [3.05, 3.63) is 29.6 Å². The molecule has 1 atom stereocenters. The highest BCUT2D eigenvalue weighted by Gasteiger charge is 2.17. The van der Waals surface area contributed by atoms with Gasteiger partial charge in [0.1, 0.15) is 11.9 Å². The standard InChI is InChI=1S/C12H16FN3O2S/c1-2-3-10(15)8-16-19(17,18)11-4-5-12(13)9(6-11)7-14/h4-6,10,16H,2-3,8,15H2,1H3/t10-/m1/s1. The SMILES string of the molecule is CCC[C@@H](N)CNS(=O)(=O)c1ccc(F)c(C#N)c1. The predicted octanol–water partition coefficient (Wildman–Crippen LogP) is 1.10. The van der Waals surface area contributed by atoms with Gasteiger partial charge in [-0.05, 0) is 24.6 Å². The van der Waals surface area contributed by atoms with Crippen molar-refractivity contribution in [1.82, 2.24) is 4.72 Å². The van der Waals surface area contributed by atoms with E-state index >= 15 is 0 Å². The van der Waals surface area contributed by atoms with Crippen molar-refractivity contribution >= 4 is 10.0 Å². The number of sulfonamides is 1. The lowest BCUT2D eigenvalue weighted by atomic mass is 10.2. The molecular weight excluding hydrogens is 269 g/mol. The molecule has 104 valence electrons. The van der Waals surface area contributed by atoms with E-state index in [1.54, 1.807) is 6.07 Å². The van der Waals surface area contributed by atoms with Crippen molar-refractivity contribution in [3.63, 3.8) is 0 Å². The highest BCUT2D eigenvalue weighted by atomic mass is 32.2. The van der Waals surface area contributed by atoms with Crippen LogP contribution < -0.4 is 10.5 Å². The van der Waals surface area contributed by atoms with Gasteiger partial charge in [-0.15, -0.1) is 0 Å². The Hall–Kier alpha value is -1.49. The van der Waals surface area contributed by atoms with E-state index in [-0.39, 0.29) is 23.0 Å². The topological polar surface area (TPSA) is 96.0 Å². The molecule has 19 heavy (non-hydrogen) atoms. The lowest BCUT2D eigenvalue weighted by molar-refractivity contribution is 0.552. The molecule has 5 nitrogen and oxygen atoms in total. The van der Waals surface area contributed by atoms with E-state index in [1.807, 2.05) is 6.92 Å². The van der Waals surface area contributed by atoms with Gasteiger partial charge in [0.25, 0.3) is 0 Å². The average Bonchev–Trinajstić information content (AvgIpc) is 2.37. The minimum atomic E-state index is -3.77. The molecule has 1 aromatic carbocycles. The zero-order valence-corrected chi connectivity index (χ0v) is 11.4. The number of nitrogens with two attached hydrogens (primary N) is 1. The lowest BCUT2D eigenvalue weighted by Crippen LogP contribution is -2.37. The lowest BCUT2D eigenvalue weighted by Gasteiger charge is -2.12. The summed E-state index contributed by atoms with van der Waals surface area (Å²) >= 11 is 0. The maximum Gasteiger partial charge on any atom is 0.240 e. The van der Waals surface area contributed by atoms with Crippen molar-refractivity contribution < 1.29 is 12.8 Å². The van der Waals surface area contributed by atoms with E-state index in [0.717, 1.165) is 24.6 Å². The molecule has 0 bridgehead atoms. The molecule has 3 N–H and O–H groups in total. The van der Waals surface area contributed by atoms with Crippen molar-refractivity contribution in [2.75, 3.05) is 6.54 Å². The maximum absolute atomic E-state index is 13.1. The van der Waals surface area contributed by atoms with Crippen LogP contribution in [0.4, 0.5) is 4.39 Å². The van der Waals surface area contributed by atoms with Crippen LogP contribution in [0.3, 0.4) is 0 Å². The first-order valence-electron chi connectivity index (χ1n) is 5.85. The van der Waals surface area contributed by atoms with Gasteiger partial charge in [-0.3, -0.25) is 0 Å². The molecule has 0 heterocycles. The minimum Gasteiger partial charge on any atom is -0.327 e. The summed E-state index contributed by atoms with van der Waals surface area (Å²) in [7, 11) is -3.77. The molecule has 0 radical (unpaired) electrons. The van der Waals surface area contributed by atoms with Gasteiger partial charge in [0.15, 0.2) is 0 Å². The van der Waals surface area contributed by atoms with Crippen molar-refractivity contribution in [2.45, 2.75) is 30.7 Å². The molecule has 0 spiro atoms. The fourth-order valence-electron chi connectivity index (χ4n) is 1.53. The molecule has 0 aromatic heterocycles. The molecule has 0 saturated carbocycles. The Morgan fingerprint density at radius 2 is 2.21 bits per heavy atom. The third-order valence-corrected chi connectivity index (χ3v) is 3.98. The molecule has 0 aliphatic carbocycles. The second-order valence-electron chi connectivity index (χ2n) is 4.15. The molecule has 1 aromatic rings. The third-order valence-electron chi connectivity index (χ3n) is 2.56. The average molecular weight is 285 g/mol. The van der Waals surface area contributed by atoms with E-state index in [9.17, 15) is 12.8 Å². The van der Waals surface area contributed by atoms with Crippen LogP contribution in [0, 0.1) is 17.1 Å². The number of nitrogens with one attached hydrogen (secondary N) is 1. The van der Waals surface area contributed by atoms with Gasteiger partial charge in [-0.25, -0.2) is 17.5 Å². The fourth-order valence-corrected chi connectivity index (χ4v) is 2.65. The highest BCUT2D eigenvalue weighted by molar-refractivity contribution is 7.89. The van der Waals surface area contributed by atoms with Crippen LogP contribution in [0.5, 0.6) is 0 Å². The first kappa shape index (κ1) is 15.6. The van der Waals surface area contributed by atoms with E-state index < -0.39 is 15.8 Å². The van der Waals surface area contributed by atoms with Crippen molar-refractivity contribution in [1.29, 1.82) is 5.26 Å². The maximum atomic E-state index is 13.1. The number of hydrogen-bond acceptors (Lipinski definition) is 4. The molecule has 0 unspecified atom stereocenters. The van der Waals surface area contributed by atoms with Crippen LogP contribution in [0.15, 0.2) is 23.1 Å². The Labute approximate surface area is 112 Å². The number of hydrogen-bond donors (Lipinski definition) is 2. The third kappa shape index (κ3) is 4.28. The first-order chi connectivity index (χ1) is 8.90. The summed E-state index contributed by atoms with van der Waals surface area (Å²) < 4.78 is 39.3. The van der Waals surface area contributed by atoms with Crippen LogP contribution in [-0.2, 0) is 10.0 Å². The van der Waals surface area contributed by atoms with Crippen LogP contribution in [0.1, 0.15) is 25.3 Å². The van der Waals surface area contributed by atoms with Gasteiger partial charge < -0.3 is 5.73 Å². The first-order valence-corrected chi connectivity index (χ1v) is 7.34. The van der Waals surface area contributed by atoms with Crippen LogP contribution in [0.25, 0.3) is 0 Å². The number of rotatable bonds is 6. The molecule has 7 heteroatoms. The molecule has 0 amide bonds. The molecule has 0 fully saturated rings. The van der Waals surface area contributed by atoms with Gasteiger partial charge in [0.05, 0.1) is 10.5 Å². The van der Waals surface area contributed by atoms with Gasteiger partial charge in [-0.1, -0.05) is 13.3 Å². The Morgan fingerprint density at radius 3 is 2.79 bits per heavy atom. The summed E-state index contributed by atoms with van der Waals surface area (Å²) in [4.78, 5) is -0.144. The molecular formula is C12H16FN3O2S. The number of halogens is 1. The summed E-state index contributed by atoms with van der Waals surface area (Å²) in [5.41, 5.74) is 5.41. The van der Waals surface area contributed by atoms with Gasteiger partial charge in [-0.2, -0.15) is 5.26 Å². The Balaban J connectivity index is 2.86. The largest absolute Gasteiger partial charge is 0.327 e. The monoisotopic (exact) mass is 285 g/mol. The molecule has 0 aliphatic rings. The van der Waals surface area contributed by atoms with Crippen molar-refractivity contribution in [2.24, 2.45) is 5.73 Å². The van der Waals surface area contributed by atoms with Crippen LogP contribution in [0.2, 0.25) is 0 Å². The van der Waals surface area contributed by atoms with Crippen LogP contribution >= 0.6 is 0 Å². The summed E-state index contributed by atoms with van der Waals surface area (Å²) in [5.74, 6) is -0.746. The summed E-state index contributed by atoms with van der Waals surface area (Å²) in [5, 5.41) is 8.67. The second kappa shape index (κ2) is 6.61. The van der Waals surface area contributed by atoms with Crippen LogP contribution in [-0.4, -0.2) is 21.0 Å². The Bertz CT molecular complexity index is 581. The zero-order chi connectivity index (χ0) is 14.5. The van der Waals surface area contributed by atoms with Crippen molar-refractivity contribution in [3.8, 4) is 6.07 Å². The Kier molecular flexibility index (Phi) is 5.42. The minimum absolute atomic E-state index is 0.107. The number of nitriles is 1. The number of benzene rings is 1.